The zero-order valence-electron chi connectivity index (χ0n) is 11.2. The maximum absolute atomic E-state index is 11.9. The van der Waals surface area contributed by atoms with Crippen LogP contribution in [-0.4, -0.2) is 20.8 Å². The molecule has 0 aliphatic carbocycles. The summed E-state index contributed by atoms with van der Waals surface area (Å²) in [5.74, 6) is 0.968. The van der Waals surface area contributed by atoms with E-state index in [0.29, 0.717) is 11.6 Å². The van der Waals surface area contributed by atoms with Crippen LogP contribution in [0.4, 0.5) is 5.82 Å². The minimum Gasteiger partial charge on any atom is -0.382 e. The molecule has 0 bridgehead atoms. The number of rotatable bonds is 4. The van der Waals surface area contributed by atoms with Crippen LogP contribution in [0.3, 0.4) is 0 Å². The van der Waals surface area contributed by atoms with E-state index in [0.717, 1.165) is 11.3 Å². The van der Waals surface area contributed by atoms with Crippen LogP contribution in [0.1, 0.15) is 30.0 Å². The van der Waals surface area contributed by atoms with Crippen LogP contribution in [0, 0.1) is 13.8 Å². The molecular formula is C12H17N5O2. The van der Waals surface area contributed by atoms with Gasteiger partial charge in [-0.25, -0.2) is 0 Å². The second-order valence-electron chi connectivity index (χ2n) is 4.47. The molecule has 1 atom stereocenters. The molecule has 7 heteroatoms. The summed E-state index contributed by atoms with van der Waals surface area (Å²) in [5.41, 5.74) is 7.18. The quantitative estimate of drug-likeness (QED) is 0.855. The summed E-state index contributed by atoms with van der Waals surface area (Å²) in [5, 5.41) is 10.7. The molecule has 1 amide bonds. The number of nitrogen functional groups attached to an aromatic ring is 1. The standard InChI is InChI=1S/C12H17N5O2/c1-7(12-8(2)16-19-9(12)3)14-11(18)6-17-5-4-10(13)15-17/h4-5,7H,6H2,1-3H3,(H2,13,15)(H,14,18). The number of hydrogen-bond acceptors (Lipinski definition) is 5. The van der Waals surface area contributed by atoms with Gasteiger partial charge in [0, 0.05) is 11.8 Å². The highest BCUT2D eigenvalue weighted by atomic mass is 16.5. The molecule has 0 saturated carbocycles. The SMILES string of the molecule is Cc1noc(C)c1C(C)NC(=O)Cn1ccc(N)n1. The molecule has 7 nitrogen and oxygen atoms in total. The van der Waals surface area contributed by atoms with E-state index in [1.165, 1.54) is 4.68 Å². The van der Waals surface area contributed by atoms with E-state index in [2.05, 4.69) is 15.6 Å². The number of carbonyl (C=O) groups is 1. The van der Waals surface area contributed by atoms with E-state index < -0.39 is 0 Å². The molecule has 0 radical (unpaired) electrons. The van der Waals surface area contributed by atoms with Crippen LogP contribution in [0.15, 0.2) is 16.8 Å². The van der Waals surface area contributed by atoms with Gasteiger partial charge in [-0.05, 0) is 26.8 Å². The Morgan fingerprint density at radius 3 is 2.84 bits per heavy atom. The normalized spacial score (nSPS) is 12.4. The number of anilines is 1. The Hall–Kier alpha value is -2.31. The summed E-state index contributed by atoms with van der Waals surface area (Å²) in [7, 11) is 0. The van der Waals surface area contributed by atoms with Gasteiger partial charge in [-0.2, -0.15) is 5.10 Å². The summed E-state index contributed by atoms with van der Waals surface area (Å²) >= 11 is 0. The zero-order chi connectivity index (χ0) is 14.0. The first-order chi connectivity index (χ1) is 8.97. The molecule has 0 spiro atoms. The van der Waals surface area contributed by atoms with E-state index in [1.807, 2.05) is 20.8 Å². The fourth-order valence-corrected chi connectivity index (χ4v) is 2.08. The van der Waals surface area contributed by atoms with E-state index in [1.54, 1.807) is 12.3 Å². The van der Waals surface area contributed by atoms with Gasteiger partial charge in [0.2, 0.25) is 5.91 Å². The topological polar surface area (TPSA) is 99.0 Å². The summed E-state index contributed by atoms with van der Waals surface area (Å²) in [4.78, 5) is 11.9. The molecule has 0 aliphatic rings. The summed E-state index contributed by atoms with van der Waals surface area (Å²) < 4.78 is 6.58. The average Bonchev–Trinajstić information content (AvgIpc) is 2.85. The Balaban J connectivity index is 1.99. The Kier molecular flexibility index (Phi) is 3.55. The average molecular weight is 263 g/mol. The van der Waals surface area contributed by atoms with Gasteiger partial charge < -0.3 is 15.6 Å². The first-order valence-corrected chi connectivity index (χ1v) is 5.98. The minimum atomic E-state index is -0.161. The lowest BCUT2D eigenvalue weighted by Crippen LogP contribution is -2.30. The van der Waals surface area contributed by atoms with Crippen LogP contribution in [0.5, 0.6) is 0 Å². The molecule has 0 aliphatic heterocycles. The van der Waals surface area contributed by atoms with Crippen molar-refractivity contribution in [3.05, 3.63) is 29.3 Å². The molecule has 0 aromatic carbocycles. The first-order valence-electron chi connectivity index (χ1n) is 5.98. The van der Waals surface area contributed by atoms with Gasteiger partial charge in [0.05, 0.1) is 11.7 Å². The number of nitrogens with zero attached hydrogens (tertiary/aromatic N) is 3. The van der Waals surface area contributed by atoms with Crippen molar-refractivity contribution in [3.8, 4) is 0 Å². The maximum atomic E-state index is 11.9. The van der Waals surface area contributed by atoms with Gasteiger partial charge in [0.25, 0.3) is 0 Å². The molecule has 2 heterocycles. The fraction of sp³-hybridized carbons (Fsp3) is 0.417. The molecule has 2 aromatic rings. The highest BCUT2D eigenvalue weighted by molar-refractivity contribution is 5.76. The van der Waals surface area contributed by atoms with Crippen molar-refractivity contribution in [2.45, 2.75) is 33.4 Å². The third-order valence-corrected chi connectivity index (χ3v) is 2.87. The Bertz CT molecular complexity index is 567. The third-order valence-electron chi connectivity index (χ3n) is 2.87. The van der Waals surface area contributed by atoms with Crippen molar-refractivity contribution in [3.63, 3.8) is 0 Å². The fourth-order valence-electron chi connectivity index (χ4n) is 2.08. The third kappa shape index (κ3) is 2.93. The molecular weight excluding hydrogens is 246 g/mol. The summed E-state index contributed by atoms with van der Waals surface area (Å²) in [6.07, 6.45) is 1.66. The van der Waals surface area contributed by atoms with Crippen LogP contribution in [-0.2, 0) is 11.3 Å². The maximum Gasteiger partial charge on any atom is 0.242 e. The largest absolute Gasteiger partial charge is 0.382 e. The molecule has 19 heavy (non-hydrogen) atoms. The highest BCUT2D eigenvalue weighted by Crippen LogP contribution is 2.20. The summed E-state index contributed by atoms with van der Waals surface area (Å²) in [6, 6.07) is 1.48. The molecule has 102 valence electrons. The van der Waals surface area contributed by atoms with E-state index in [9.17, 15) is 4.79 Å². The number of hydrogen-bond donors (Lipinski definition) is 2. The molecule has 2 rings (SSSR count). The van der Waals surface area contributed by atoms with Gasteiger partial charge in [-0.1, -0.05) is 5.16 Å². The Morgan fingerprint density at radius 2 is 2.32 bits per heavy atom. The molecule has 0 saturated heterocycles. The zero-order valence-corrected chi connectivity index (χ0v) is 11.2. The van der Waals surface area contributed by atoms with Gasteiger partial charge >= 0.3 is 0 Å². The number of carbonyl (C=O) groups excluding carboxylic acids is 1. The van der Waals surface area contributed by atoms with Crippen LogP contribution in [0.25, 0.3) is 0 Å². The van der Waals surface area contributed by atoms with Gasteiger partial charge in [0.15, 0.2) is 0 Å². The van der Waals surface area contributed by atoms with Crippen LogP contribution in [0.2, 0.25) is 0 Å². The predicted octanol–water partition coefficient (Wildman–Crippen LogP) is 0.948. The smallest absolute Gasteiger partial charge is 0.242 e. The van der Waals surface area contributed by atoms with E-state index in [4.69, 9.17) is 10.3 Å². The number of aryl methyl sites for hydroxylation is 2. The van der Waals surface area contributed by atoms with E-state index >= 15 is 0 Å². The van der Waals surface area contributed by atoms with Gasteiger partial charge in [-0.15, -0.1) is 0 Å². The lowest BCUT2D eigenvalue weighted by molar-refractivity contribution is -0.122. The Morgan fingerprint density at radius 1 is 1.58 bits per heavy atom. The first kappa shape index (κ1) is 13.1. The van der Waals surface area contributed by atoms with Crippen molar-refractivity contribution in [1.29, 1.82) is 0 Å². The van der Waals surface area contributed by atoms with Crippen molar-refractivity contribution in [1.82, 2.24) is 20.3 Å². The monoisotopic (exact) mass is 263 g/mol. The minimum absolute atomic E-state index is 0.130. The number of aromatic nitrogens is 3. The summed E-state index contributed by atoms with van der Waals surface area (Å²) in [6.45, 7) is 5.70. The van der Waals surface area contributed by atoms with Crippen molar-refractivity contribution in [2.24, 2.45) is 0 Å². The number of nitrogens with one attached hydrogen (secondary N) is 1. The van der Waals surface area contributed by atoms with Gasteiger partial charge in [0.1, 0.15) is 18.1 Å². The van der Waals surface area contributed by atoms with Crippen molar-refractivity contribution < 1.29 is 9.32 Å². The lowest BCUT2D eigenvalue weighted by Gasteiger charge is -2.13. The Labute approximate surface area is 110 Å². The van der Waals surface area contributed by atoms with Crippen molar-refractivity contribution in [2.75, 3.05) is 5.73 Å². The molecule has 0 fully saturated rings. The number of nitrogens with two attached hydrogens (primary N) is 1. The van der Waals surface area contributed by atoms with Gasteiger partial charge in [-0.3, -0.25) is 9.48 Å². The van der Waals surface area contributed by atoms with Crippen LogP contribution < -0.4 is 11.1 Å². The predicted molar refractivity (Wildman–Crippen MR) is 69.2 cm³/mol. The lowest BCUT2D eigenvalue weighted by atomic mass is 10.1. The highest BCUT2D eigenvalue weighted by Gasteiger charge is 2.18. The second-order valence-corrected chi connectivity index (χ2v) is 4.47. The van der Waals surface area contributed by atoms with E-state index in [-0.39, 0.29) is 18.5 Å². The molecule has 2 aromatic heterocycles. The second kappa shape index (κ2) is 5.13. The van der Waals surface area contributed by atoms with Crippen LogP contribution >= 0.6 is 0 Å². The number of amides is 1. The molecule has 3 N–H and O–H groups in total. The van der Waals surface area contributed by atoms with Crippen molar-refractivity contribution >= 4 is 11.7 Å². The molecule has 1 unspecified atom stereocenters.